The lowest BCUT2D eigenvalue weighted by Crippen LogP contribution is -2.45. The lowest BCUT2D eigenvalue weighted by Gasteiger charge is -2.33. The van der Waals surface area contributed by atoms with Gasteiger partial charge < -0.3 is 15.5 Å². The Kier molecular flexibility index (Phi) is 3.50. The standard InChI is InChI=1S/C20H19F2N3O/c21-15-2-1-3-16(22)18(15)11-8-12-14-10-23-5-4-17(14)25-7-6-24-20(26)13(9-11)19(12)25/h1-3,8-9,14,17,23H,4-7,10H2,(H,24,26)/t14-,17-/m0/s1. The fourth-order valence-electron chi connectivity index (χ4n) is 4.71. The van der Waals surface area contributed by atoms with E-state index in [1.54, 1.807) is 6.07 Å². The molecule has 0 bridgehead atoms. The summed E-state index contributed by atoms with van der Waals surface area (Å²) in [5.74, 6) is -1.16. The number of hydrogen-bond donors (Lipinski definition) is 2. The highest BCUT2D eigenvalue weighted by Gasteiger charge is 2.43. The first kappa shape index (κ1) is 15.8. The van der Waals surface area contributed by atoms with E-state index in [-0.39, 0.29) is 17.4 Å². The Morgan fingerprint density at radius 3 is 2.73 bits per heavy atom. The molecule has 0 radical (unpaired) electrons. The van der Waals surface area contributed by atoms with Crippen LogP contribution in [-0.4, -0.2) is 38.1 Å². The van der Waals surface area contributed by atoms with Gasteiger partial charge in [-0.25, -0.2) is 8.78 Å². The van der Waals surface area contributed by atoms with Crippen molar-refractivity contribution in [3.8, 4) is 11.1 Å². The van der Waals surface area contributed by atoms with Gasteiger partial charge in [0.05, 0.1) is 16.8 Å². The van der Waals surface area contributed by atoms with E-state index in [1.807, 2.05) is 6.07 Å². The third kappa shape index (κ3) is 2.18. The van der Waals surface area contributed by atoms with Crippen LogP contribution in [0.25, 0.3) is 11.1 Å². The Balaban J connectivity index is 1.76. The molecule has 1 fully saturated rings. The first-order valence-electron chi connectivity index (χ1n) is 9.03. The summed E-state index contributed by atoms with van der Waals surface area (Å²) < 4.78 is 28.7. The van der Waals surface area contributed by atoms with Crippen LogP contribution < -0.4 is 15.5 Å². The van der Waals surface area contributed by atoms with E-state index in [0.29, 0.717) is 23.7 Å². The Morgan fingerprint density at radius 2 is 1.92 bits per heavy atom. The van der Waals surface area contributed by atoms with Crippen molar-refractivity contribution in [1.29, 1.82) is 0 Å². The zero-order valence-electron chi connectivity index (χ0n) is 14.2. The molecule has 3 aliphatic rings. The molecule has 2 atom stereocenters. The highest BCUT2D eigenvalue weighted by atomic mass is 19.1. The minimum Gasteiger partial charge on any atom is -0.365 e. The minimum absolute atomic E-state index is 0.0673. The molecule has 26 heavy (non-hydrogen) atoms. The van der Waals surface area contributed by atoms with E-state index >= 15 is 0 Å². The van der Waals surface area contributed by atoms with Crippen LogP contribution in [0.15, 0.2) is 30.3 Å². The molecule has 2 aromatic carbocycles. The molecule has 5 rings (SSSR count). The van der Waals surface area contributed by atoms with Gasteiger partial charge in [0, 0.05) is 31.6 Å². The molecule has 6 heteroatoms. The number of benzene rings is 2. The number of amides is 1. The quantitative estimate of drug-likeness (QED) is 0.827. The van der Waals surface area contributed by atoms with Crippen LogP contribution in [0.2, 0.25) is 0 Å². The first-order valence-corrected chi connectivity index (χ1v) is 9.03. The molecule has 2 N–H and O–H groups in total. The van der Waals surface area contributed by atoms with Crippen molar-refractivity contribution < 1.29 is 13.6 Å². The number of fused-ring (bicyclic) bond motifs is 3. The van der Waals surface area contributed by atoms with Crippen LogP contribution in [0.4, 0.5) is 14.5 Å². The summed E-state index contributed by atoms with van der Waals surface area (Å²) in [6.07, 6.45) is 0.996. The van der Waals surface area contributed by atoms with Gasteiger partial charge in [-0.1, -0.05) is 6.07 Å². The van der Waals surface area contributed by atoms with E-state index in [9.17, 15) is 13.6 Å². The summed E-state index contributed by atoms with van der Waals surface area (Å²) in [6.45, 7) is 3.10. The average molecular weight is 355 g/mol. The molecular formula is C20H19F2N3O. The maximum atomic E-state index is 14.4. The van der Waals surface area contributed by atoms with Crippen LogP contribution in [0.3, 0.4) is 0 Å². The van der Waals surface area contributed by atoms with Crippen LogP contribution in [-0.2, 0) is 0 Å². The molecule has 0 saturated carbocycles. The molecule has 134 valence electrons. The van der Waals surface area contributed by atoms with Gasteiger partial charge in [0.1, 0.15) is 11.6 Å². The van der Waals surface area contributed by atoms with Crippen LogP contribution in [0, 0.1) is 11.6 Å². The van der Waals surface area contributed by atoms with Gasteiger partial charge in [0.2, 0.25) is 0 Å². The smallest absolute Gasteiger partial charge is 0.253 e. The zero-order valence-corrected chi connectivity index (χ0v) is 14.2. The van der Waals surface area contributed by atoms with Crippen molar-refractivity contribution in [2.24, 2.45) is 0 Å². The maximum Gasteiger partial charge on any atom is 0.253 e. The summed E-state index contributed by atoms with van der Waals surface area (Å²) in [5.41, 5.74) is 2.85. The number of nitrogens with zero attached hydrogens (tertiary/aromatic N) is 1. The molecule has 1 amide bonds. The molecule has 0 unspecified atom stereocenters. The summed E-state index contributed by atoms with van der Waals surface area (Å²) >= 11 is 0. The number of nitrogens with one attached hydrogen (secondary N) is 2. The van der Waals surface area contributed by atoms with Gasteiger partial charge >= 0.3 is 0 Å². The van der Waals surface area contributed by atoms with Crippen molar-refractivity contribution in [3.05, 3.63) is 53.1 Å². The van der Waals surface area contributed by atoms with E-state index in [0.717, 1.165) is 37.3 Å². The summed E-state index contributed by atoms with van der Waals surface area (Å²) in [6, 6.07) is 7.70. The lowest BCUT2D eigenvalue weighted by atomic mass is 9.87. The second kappa shape index (κ2) is 5.77. The highest BCUT2D eigenvalue weighted by molar-refractivity contribution is 6.03. The normalized spacial score (nSPS) is 23.9. The van der Waals surface area contributed by atoms with Crippen molar-refractivity contribution in [1.82, 2.24) is 10.6 Å². The summed E-state index contributed by atoms with van der Waals surface area (Å²) in [5, 5.41) is 6.33. The highest BCUT2D eigenvalue weighted by Crippen LogP contribution is 2.47. The molecule has 0 aromatic heterocycles. The monoisotopic (exact) mass is 355 g/mol. The maximum absolute atomic E-state index is 14.4. The Morgan fingerprint density at radius 1 is 1.12 bits per heavy atom. The molecule has 2 aromatic rings. The van der Waals surface area contributed by atoms with Crippen LogP contribution in [0.1, 0.15) is 28.3 Å². The van der Waals surface area contributed by atoms with Crippen molar-refractivity contribution in [2.45, 2.75) is 18.4 Å². The topological polar surface area (TPSA) is 44.4 Å². The fourth-order valence-corrected chi connectivity index (χ4v) is 4.71. The summed E-state index contributed by atoms with van der Waals surface area (Å²) in [7, 11) is 0. The zero-order chi connectivity index (χ0) is 17.8. The molecule has 3 aliphatic heterocycles. The van der Waals surface area contributed by atoms with Crippen LogP contribution >= 0.6 is 0 Å². The molecule has 4 nitrogen and oxygen atoms in total. The number of hydrogen-bond acceptors (Lipinski definition) is 3. The molecule has 0 spiro atoms. The molecular weight excluding hydrogens is 336 g/mol. The van der Waals surface area contributed by atoms with E-state index in [4.69, 9.17) is 0 Å². The summed E-state index contributed by atoms with van der Waals surface area (Å²) in [4.78, 5) is 15.0. The Hall–Kier alpha value is -2.47. The number of anilines is 1. The third-order valence-electron chi connectivity index (χ3n) is 5.81. The van der Waals surface area contributed by atoms with Gasteiger partial charge in [-0.2, -0.15) is 0 Å². The lowest BCUT2D eigenvalue weighted by molar-refractivity contribution is 0.0957. The van der Waals surface area contributed by atoms with Gasteiger partial charge in [0.15, 0.2) is 0 Å². The fraction of sp³-hybridized carbons (Fsp3) is 0.350. The van der Waals surface area contributed by atoms with Gasteiger partial charge in [-0.05, 0) is 48.4 Å². The number of piperidine rings is 1. The van der Waals surface area contributed by atoms with E-state index < -0.39 is 11.6 Å². The van der Waals surface area contributed by atoms with E-state index in [1.165, 1.54) is 18.2 Å². The van der Waals surface area contributed by atoms with Gasteiger partial charge in [-0.15, -0.1) is 0 Å². The second-order valence-electron chi connectivity index (χ2n) is 7.17. The second-order valence-corrected chi connectivity index (χ2v) is 7.17. The van der Waals surface area contributed by atoms with E-state index in [2.05, 4.69) is 15.5 Å². The van der Waals surface area contributed by atoms with Crippen LogP contribution in [0.5, 0.6) is 0 Å². The minimum atomic E-state index is -0.612. The predicted molar refractivity (Wildman–Crippen MR) is 95.5 cm³/mol. The number of carbonyl (C=O) groups is 1. The third-order valence-corrected chi connectivity index (χ3v) is 5.81. The van der Waals surface area contributed by atoms with Crippen molar-refractivity contribution >= 4 is 11.6 Å². The number of carbonyl (C=O) groups excluding carboxylic acids is 1. The Bertz CT molecular complexity index is 894. The molecule has 0 aliphatic carbocycles. The molecule has 1 saturated heterocycles. The van der Waals surface area contributed by atoms with Crippen molar-refractivity contribution in [3.63, 3.8) is 0 Å². The average Bonchev–Trinajstić information content (AvgIpc) is 2.84. The van der Waals surface area contributed by atoms with Gasteiger partial charge in [-0.3, -0.25) is 4.79 Å². The Labute approximate surface area is 150 Å². The first-order chi connectivity index (χ1) is 12.6. The van der Waals surface area contributed by atoms with Gasteiger partial charge in [0.25, 0.3) is 5.91 Å². The largest absolute Gasteiger partial charge is 0.365 e. The SMILES string of the molecule is O=C1NCCN2c3c1cc(-c1c(F)cccc1F)cc3[C@@H]1CNCC[C@@H]12. The number of halogens is 2. The predicted octanol–water partition coefficient (Wildman–Crippen LogP) is 2.64. The van der Waals surface area contributed by atoms with Crippen molar-refractivity contribution in [2.75, 3.05) is 31.1 Å². The molecule has 3 heterocycles. The number of rotatable bonds is 1.